The first-order valence-electron chi connectivity index (χ1n) is 5.53. The Morgan fingerprint density at radius 3 is 3.00 bits per heavy atom. The molecule has 19 heavy (non-hydrogen) atoms. The standard InChI is InChI=1S/C12H11N5O2/c13-11-8-5-6(1-2-9(8)16-17-11)7-3-4-19-10(7)12(18)15-14/h1-5H,14H2,(H,15,18)(H3,13,16,17). The number of benzene rings is 1. The first kappa shape index (κ1) is 11.3. The monoisotopic (exact) mass is 257 g/mol. The summed E-state index contributed by atoms with van der Waals surface area (Å²) in [6.45, 7) is 0. The number of rotatable bonds is 2. The number of nitrogens with zero attached hydrogens (tertiary/aromatic N) is 1. The lowest BCUT2D eigenvalue weighted by atomic mass is 10.0. The average Bonchev–Trinajstić information content (AvgIpc) is 3.05. The van der Waals surface area contributed by atoms with Gasteiger partial charge >= 0.3 is 5.91 Å². The molecule has 0 radical (unpaired) electrons. The number of nitrogens with two attached hydrogens (primary N) is 2. The molecule has 1 aromatic carbocycles. The molecule has 2 aromatic heterocycles. The van der Waals surface area contributed by atoms with Gasteiger partial charge in [0, 0.05) is 10.9 Å². The normalized spacial score (nSPS) is 10.8. The van der Waals surface area contributed by atoms with Gasteiger partial charge in [-0.2, -0.15) is 5.10 Å². The van der Waals surface area contributed by atoms with Crippen LogP contribution in [0.2, 0.25) is 0 Å². The van der Waals surface area contributed by atoms with Crippen molar-refractivity contribution in [2.45, 2.75) is 0 Å². The molecule has 7 heteroatoms. The number of H-pyrrole nitrogens is 1. The quantitative estimate of drug-likeness (QED) is 0.310. The van der Waals surface area contributed by atoms with Crippen LogP contribution in [0.1, 0.15) is 10.6 Å². The van der Waals surface area contributed by atoms with Crippen molar-refractivity contribution in [1.82, 2.24) is 15.6 Å². The summed E-state index contributed by atoms with van der Waals surface area (Å²) in [6.07, 6.45) is 1.43. The molecule has 0 atom stereocenters. The average molecular weight is 257 g/mol. The van der Waals surface area contributed by atoms with Gasteiger partial charge in [-0.3, -0.25) is 15.3 Å². The van der Waals surface area contributed by atoms with Crippen molar-refractivity contribution in [2.75, 3.05) is 5.73 Å². The predicted molar refractivity (Wildman–Crippen MR) is 69.9 cm³/mol. The van der Waals surface area contributed by atoms with Gasteiger partial charge in [0.2, 0.25) is 0 Å². The number of furan rings is 1. The Labute approximate surface area is 107 Å². The van der Waals surface area contributed by atoms with Gasteiger partial charge in [0.15, 0.2) is 11.6 Å². The second-order valence-corrected chi connectivity index (χ2v) is 4.01. The molecule has 0 fully saturated rings. The molecule has 0 aliphatic rings. The summed E-state index contributed by atoms with van der Waals surface area (Å²) in [5.74, 6) is 5.19. The zero-order chi connectivity index (χ0) is 13.4. The number of hydrazine groups is 1. The number of hydrogen-bond donors (Lipinski definition) is 4. The number of carbonyl (C=O) groups is 1. The smallest absolute Gasteiger partial charge is 0.301 e. The number of fused-ring (bicyclic) bond motifs is 1. The molecular formula is C12H11N5O2. The number of nitrogen functional groups attached to an aromatic ring is 2. The molecule has 0 spiro atoms. The highest BCUT2D eigenvalue weighted by molar-refractivity contribution is 6.00. The Kier molecular flexibility index (Phi) is 2.46. The molecule has 96 valence electrons. The molecule has 0 saturated heterocycles. The Balaban J connectivity index is 2.16. The van der Waals surface area contributed by atoms with Crippen LogP contribution < -0.4 is 17.0 Å². The summed E-state index contributed by atoms with van der Waals surface area (Å²) in [4.78, 5) is 11.6. The second kappa shape index (κ2) is 4.14. The van der Waals surface area contributed by atoms with E-state index in [4.69, 9.17) is 16.0 Å². The molecule has 7 nitrogen and oxygen atoms in total. The molecule has 0 aliphatic heterocycles. The predicted octanol–water partition coefficient (Wildman–Crippen LogP) is 1.01. The van der Waals surface area contributed by atoms with Gasteiger partial charge in [-0.15, -0.1) is 0 Å². The van der Waals surface area contributed by atoms with E-state index in [0.29, 0.717) is 11.4 Å². The largest absolute Gasteiger partial charge is 0.458 e. The van der Waals surface area contributed by atoms with E-state index >= 15 is 0 Å². The fourth-order valence-electron chi connectivity index (χ4n) is 1.98. The van der Waals surface area contributed by atoms with Crippen LogP contribution in [0.15, 0.2) is 34.9 Å². The third kappa shape index (κ3) is 1.72. The van der Waals surface area contributed by atoms with Crippen molar-refractivity contribution >= 4 is 22.6 Å². The molecule has 1 amide bonds. The Morgan fingerprint density at radius 2 is 2.21 bits per heavy atom. The molecule has 0 bridgehead atoms. The SMILES string of the molecule is NNC(=O)c1occc1-c1ccc2[nH]nc(N)c2c1. The van der Waals surface area contributed by atoms with Gasteiger partial charge in [0.1, 0.15) is 0 Å². The summed E-state index contributed by atoms with van der Waals surface area (Å²) >= 11 is 0. The van der Waals surface area contributed by atoms with E-state index in [0.717, 1.165) is 16.5 Å². The van der Waals surface area contributed by atoms with E-state index in [9.17, 15) is 4.79 Å². The molecule has 0 saturated carbocycles. The first-order chi connectivity index (χ1) is 9.20. The third-order valence-electron chi connectivity index (χ3n) is 2.91. The summed E-state index contributed by atoms with van der Waals surface area (Å²) in [6, 6.07) is 7.22. The highest BCUT2D eigenvalue weighted by atomic mass is 16.3. The van der Waals surface area contributed by atoms with Crippen LogP contribution in [0.5, 0.6) is 0 Å². The number of carbonyl (C=O) groups excluding carboxylic acids is 1. The lowest BCUT2D eigenvalue weighted by Gasteiger charge is -2.02. The third-order valence-corrected chi connectivity index (χ3v) is 2.91. The van der Waals surface area contributed by atoms with Gasteiger partial charge < -0.3 is 10.2 Å². The van der Waals surface area contributed by atoms with E-state index in [2.05, 4.69) is 10.2 Å². The molecule has 3 rings (SSSR count). The topological polar surface area (TPSA) is 123 Å². The van der Waals surface area contributed by atoms with Gasteiger partial charge in [0.25, 0.3) is 0 Å². The van der Waals surface area contributed by atoms with Crippen molar-refractivity contribution in [3.63, 3.8) is 0 Å². The zero-order valence-electron chi connectivity index (χ0n) is 9.81. The van der Waals surface area contributed by atoms with Crippen molar-refractivity contribution in [2.24, 2.45) is 5.84 Å². The fourth-order valence-corrected chi connectivity index (χ4v) is 1.98. The van der Waals surface area contributed by atoms with Crippen LogP contribution in [0, 0.1) is 0 Å². The Hall–Kier alpha value is -2.80. The van der Waals surface area contributed by atoms with Crippen LogP contribution in [-0.2, 0) is 0 Å². The van der Waals surface area contributed by atoms with Crippen molar-refractivity contribution < 1.29 is 9.21 Å². The van der Waals surface area contributed by atoms with Crippen molar-refractivity contribution in [3.05, 3.63) is 36.3 Å². The van der Waals surface area contributed by atoms with Crippen molar-refractivity contribution in [3.8, 4) is 11.1 Å². The van der Waals surface area contributed by atoms with Crippen LogP contribution in [0.25, 0.3) is 22.0 Å². The van der Waals surface area contributed by atoms with E-state index in [1.54, 1.807) is 6.07 Å². The lowest BCUT2D eigenvalue weighted by molar-refractivity contribution is 0.0927. The maximum Gasteiger partial charge on any atom is 0.301 e. The summed E-state index contributed by atoms with van der Waals surface area (Å²) in [7, 11) is 0. The second-order valence-electron chi connectivity index (χ2n) is 4.01. The number of anilines is 1. The highest BCUT2D eigenvalue weighted by Gasteiger charge is 2.16. The molecule has 3 aromatic rings. The van der Waals surface area contributed by atoms with E-state index in [-0.39, 0.29) is 5.76 Å². The molecule has 6 N–H and O–H groups in total. The van der Waals surface area contributed by atoms with Gasteiger partial charge in [0.05, 0.1) is 11.8 Å². The van der Waals surface area contributed by atoms with Crippen molar-refractivity contribution in [1.29, 1.82) is 0 Å². The summed E-state index contributed by atoms with van der Waals surface area (Å²) in [5, 5.41) is 7.52. The number of nitrogens with one attached hydrogen (secondary N) is 2. The minimum absolute atomic E-state index is 0.156. The van der Waals surface area contributed by atoms with Crippen LogP contribution in [0.4, 0.5) is 5.82 Å². The van der Waals surface area contributed by atoms with Crippen LogP contribution in [-0.4, -0.2) is 16.1 Å². The first-order valence-corrected chi connectivity index (χ1v) is 5.53. The maximum atomic E-state index is 11.6. The molecular weight excluding hydrogens is 246 g/mol. The molecule has 2 heterocycles. The minimum atomic E-state index is -0.486. The number of amides is 1. The van der Waals surface area contributed by atoms with E-state index < -0.39 is 5.91 Å². The lowest BCUT2D eigenvalue weighted by Crippen LogP contribution is -2.29. The van der Waals surface area contributed by atoms with Crippen LogP contribution in [0.3, 0.4) is 0 Å². The summed E-state index contributed by atoms with van der Waals surface area (Å²) in [5.41, 5.74) is 10.1. The highest BCUT2D eigenvalue weighted by Crippen LogP contribution is 2.29. The number of aromatic amines is 1. The van der Waals surface area contributed by atoms with Gasteiger partial charge in [-0.05, 0) is 23.8 Å². The van der Waals surface area contributed by atoms with Gasteiger partial charge in [-0.25, -0.2) is 5.84 Å². The summed E-state index contributed by atoms with van der Waals surface area (Å²) < 4.78 is 5.15. The van der Waals surface area contributed by atoms with E-state index in [1.807, 2.05) is 23.6 Å². The molecule has 0 unspecified atom stereocenters. The zero-order valence-corrected chi connectivity index (χ0v) is 9.81. The number of hydrogen-bond acceptors (Lipinski definition) is 5. The van der Waals surface area contributed by atoms with Crippen LogP contribution >= 0.6 is 0 Å². The maximum absolute atomic E-state index is 11.6. The fraction of sp³-hybridized carbons (Fsp3) is 0. The number of aromatic nitrogens is 2. The Morgan fingerprint density at radius 1 is 1.37 bits per heavy atom. The Bertz CT molecular complexity index is 758. The van der Waals surface area contributed by atoms with Gasteiger partial charge in [-0.1, -0.05) is 6.07 Å². The molecule has 0 aliphatic carbocycles. The minimum Gasteiger partial charge on any atom is -0.458 e. The van der Waals surface area contributed by atoms with E-state index in [1.165, 1.54) is 6.26 Å².